The SMILES string of the molecule is O=S(=O)(O)c1ccc2c(-c3cccc4cc(S(=O)(=O)O)ccc34)cccc2c1. The quantitative estimate of drug-likeness (QED) is 0.488. The largest absolute Gasteiger partial charge is 0.294 e. The second kappa shape index (κ2) is 6.39. The van der Waals surface area contributed by atoms with Gasteiger partial charge in [-0.3, -0.25) is 9.11 Å². The van der Waals surface area contributed by atoms with Crippen LogP contribution in [0, 0.1) is 0 Å². The van der Waals surface area contributed by atoms with Crippen LogP contribution in [0.2, 0.25) is 0 Å². The zero-order chi connectivity index (χ0) is 20.1. The van der Waals surface area contributed by atoms with Gasteiger partial charge in [0.25, 0.3) is 20.2 Å². The first-order valence-corrected chi connectivity index (χ1v) is 11.0. The molecule has 4 aromatic carbocycles. The maximum atomic E-state index is 11.4. The van der Waals surface area contributed by atoms with E-state index >= 15 is 0 Å². The van der Waals surface area contributed by atoms with E-state index in [-0.39, 0.29) is 9.79 Å². The van der Waals surface area contributed by atoms with Gasteiger partial charge >= 0.3 is 0 Å². The first kappa shape index (κ1) is 18.6. The van der Waals surface area contributed by atoms with Gasteiger partial charge in [-0.15, -0.1) is 0 Å². The van der Waals surface area contributed by atoms with Crippen molar-refractivity contribution in [3.8, 4) is 11.1 Å². The first-order chi connectivity index (χ1) is 13.1. The highest BCUT2D eigenvalue weighted by atomic mass is 32.2. The van der Waals surface area contributed by atoms with Crippen molar-refractivity contribution in [3.63, 3.8) is 0 Å². The maximum Gasteiger partial charge on any atom is 0.294 e. The Bertz CT molecular complexity index is 1340. The van der Waals surface area contributed by atoms with Crippen molar-refractivity contribution in [3.05, 3.63) is 72.8 Å². The summed E-state index contributed by atoms with van der Waals surface area (Å²) in [5.74, 6) is 0. The van der Waals surface area contributed by atoms with Crippen LogP contribution in [0.5, 0.6) is 0 Å². The fraction of sp³-hybridized carbons (Fsp3) is 0. The molecule has 0 aliphatic carbocycles. The van der Waals surface area contributed by atoms with Gasteiger partial charge in [0, 0.05) is 0 Å². The standard InChI is InChI=1S/C20H14O6S2/c21-27(22,23)15-7-9-17-13(11-15)3-1-5-19(17)20-6-2-4-14-12-16(28(24,25)26)8-10-18(14)20/h1-12H,(H,21,22,23)(H,24,25,26). The highest BCUT2D eigenvalue weighted by molar-refractivity contribution is 7.86. The second-order valence-corrected chi connectivity index (χ2v) is 9.17. The maximum absolute atomic E-state index is 11.4. The average Bonchev–Trinajstić information content (AvgIpc) is 2.64. The average molecular weight is 414 g/mol. The van der Waals surface area contributed by atoms with Crippen LogP contribution in [0.3, 0.4) is 0 Å². The Hall–Kier alpha value is -2.78. The van der Waals surface area contributed by atoms with Crippen molar-refractivity contribution >= 4 is 41.8 Å². The molecule has 6 nitrogen and oxygen atoms in total. The second-order valence-electron chi connectivity index (χ2n) is 6.33. The van der Waals surface area contributed by atoms with Gasteiger partial charge in [-0.2, -0.15) is 16.8 Å². The van der Waals surface area contributed by atoms with Crippen molar-refractivity contribution in [2.24, 2.45) is 0 Å². The third-order valence-electron chi connectivity index (χ3n) is 4.59. The number of rotatable bonds is 3. The van der Waals surface area contributed by atoms with Crippen LogP contribution in [0.25, 0.3) is 32.7 Å². The molecule has 0 heterocycles. The van der Waals surface area contributed by atoms with E-state index in [1.54, 1.807) is 36.4 Å². The van der Waals surface area contributed by atoms with Gasteiger partial charge in [0.2, 0.25) is 0 Å². The summed E-state index contributed by atoms with van der Waals surface area (Å²) >= 11 is 0. The summed E-state index contributed by atoms with van der Waals surface area (Å²) in [7, 11) is -8.61. The normalized spacial score (nSPS) is 12.5. The van der Waals surface area contributed by atoms with Crippen LogP contribution < -0.4 is 0 Å². The zero-order valence-corrected chi connectivity index (χ0v) is 15.9. The number of fused-ring (bicyclic) bond motifs is 2. The molecule has 0 radical (unpaired) electrons. The van der Waals surface area contributed by atoms with Crippen molar-refractivity contribution in [2.75, 3.05) is 0 Å². The van der Waals surface area contributed by atoms with Crippen molar-refractivity contribution in [2.45, 2.75) is 9.79 Å². The minimum atomic E-state index is -4.31. The fourth-order valence-corrected chi connectivity index (χ4v) is 4.35. The Kier molecular flexibility index (Phi) is 4.24. The van der Waals surface area contributed by atoms with Gasteiger partial charge in [-0.1, -0.05) is 48.5 Å². The predicted molar refractivity (Wildman–Crippen MR) is 107 cm³/mol. The molecule has 0 amide bonds. The van der Waals surface area contributed by atoms with E-state index in [9.17, 15) is 25.9 Å². The molecule has 0 aliphatic rings. The molecule has 0 bridgehead atoms. The fourth-order valence-electron chi connectivity index (χ4n) is 3.31. The Morgan fingerprint density at radius 1 is 0.536 bits per heavy atom. The van der Waals surface area contributed by atoms with Gasteiger partial charge in [-0.05, 0) is 56.9 Å². The van der Waals surface area contributed by atoms with E-state index in [0.717, 1.165) is 21.9 Å². The molecule has 0 saturated carbocycles. The van der Waals surface area contributed by atoms with E-state index in [2.05, 4.69) is 0 Å². The molecule has 0 fully saturated rings. The van der Waals surface area contributed by atoms with E-state index in [1.807, 2.05) is 12.1 Å². The summed E-state index contributed by atoms with van der Waals surface area (Å²) in [5.41, 5.74) is 1.65. The number of hydrogen-bond acceptors (Lipinski definition) is 4. The molecule has 28 heavy (non-hydrogen) atoms. The minimum Gasteiger partial charge on any atom is -0.282 e. The summed E-state index contributed by atoms with van der Waals surface area (Å²) in [6, 6.07) is 19.5. The molecule has 0 saturated heterocycles. The third kappa shape index (κ3) is 3.27. The molecule has 0 aliphatic heterocycles. The number of hydrogen-bond donors (Lipinski definition) is 2. The third-order valence-corrected chi connectivity index (χ3v) is 6.29. The zero-order valence-electron chi connectivity index (χ0n) is 14.3. The lowest BCUT2D eigenvalue weighted by Crippen LogP contribution is -1.98. The molecule has 0 atom stereocenters. The first-order valence-electron chi connectivity index (χ1n) is 8.15. The summed E-state index contributed by atoms with van der Waals surface area (Å²) in [6.45, 7) is 0. The van der Waals surface area contributed by atoms with E-state index in [4.69, 9.17) is 0 Å². The monoisotopic (exact) mass is 414 g/mol. The molecular weight excluding hydrogens is 400 g/mol. The summed E-state index contributed by atoms with van der Waals surface area (Å²) in [6.07, 6.45) is 0. The van der Waals surface area contributed by atoms with E-state index in [0.29, 0.717) is 10.8 Å². The summed E-state index contributed by atoms with van der Waals surface area (Å²) in [5, 5.41) is 2.83. The van der Waals surface area contributed by atoms with E-state index < -0.39 is 20.2 Å². The molecule has 0 aromatic heterocycles. The van der Waals surface area contributed by atoms with Crippen molar-refractivity contribution in [1.29, 1.82) is 0 Å². The molecule has 0 unspecified atom stereocenters. The van der Waals surface area contributed by atoms with Gasteiger partial charge in [0.15, 0.2) is 0 Å². The smallest absolute Gasteiger partial charge is 0.282 e. The Balaban J connectivity index is 1.99. The van der Waals surface area contributed by atoms with Crippen LogP contribution in [-0.2, 0) is 20.2 Å². The van der Waals surface area contributed by atoms with Crippen LogP contribution in [-0.4, -0.2) is 25.9 Å². The lowest BCUT2D eigenvalue weighted by Gasteiger charge is -2.11. The molecule has 4 rings (SSSR count). The molecule has 4 aromatic rings. The minimum absolute atomic E-state index is 0.187. The van der Waals surface area contributed by atoms with Gasteiger partial charge in [-0.25, -0.2) is 0 Å². The molecular formula is C20H14O6S2. The highest BCUT2D eigenvalue weighted by Gasteiger charge is 2.14. The lowest BCUT2D eigenvalue weighted by atomic mass is 9.94. The Morgan fingerprint density at radius 3 is 1.29 bits per heavy atom. The number of benzene rings is 4. The van der Waals surface area contributed by atoms with E-state index in [1.165, 1.54) is 24.3 Å². The van der Waals surface area contributed by atoms with Crippen LogP contribution in [0.15, 0.2) is 82.6 Å². The van der Waals surface area contributed by atoms with Crippen molar-refractivity contribution < 1.29 is 25.9 Å². The molecule has 2 N–H and O–H groups in total. The van der Waals surface area contributed by atoms with Gasteiger partial charge in [0.05, 0.1) is 9.79 Å². The van der Waals surface area contributed by atoms with Gasteiger partial charge < -0.3 is 0 Å². The summed E-state index contributed by atoms with van der Waals surface area (Å²) < 4.78 is 64.2. The highest BCUT2D eigenvalue weighted by Crippen LogP contribution is 2.35. The van der Waals surface area contributed by atoms with Gasteiger partial charge in [0.1, 0.15) is 0 Å². The topological polar surface area (TPSA) is 109 Å². The lowest BCUT2D eigenvalue weighted by molar-refractivity contribution is 0.481. The summed E-state index contributed by atoms with van der Waals surface area (Å²) in [4.78, 5) is -0.374. The molecule has 8 heteroatoms. The molecule has 0 spiro atoms. The van der Waals surface area contributed by atoms with Crippen molar-refractivity contribution in [1.82, 2.24) is 0 Å². The van der Waals surface area contributed by atoms with Crippen LogP contribution in [0.4, 0.5) is 0 Å². The Labute approximate surface area is 161 Å². The van der Waals surface area contributed by atoms with Crippen LogP contribution >= 0.6 is 0 Å². The predicted octanol–water partition coefficient (Wildman–Crippen LogP) is 4.15. The molecule has 142 valence electrons. The van der Waals surface area contributed by atoms with Crippen LogP contribution in [0.1, 0.15) is 0 Å². The Morgan fingerprint density at radius 2 is 0.929 bits per heavy atom.